The Kier molecular flexibility index (Phi) is 6.12. The van der Waals surface area contributed by atoms with Crippen LogP contribution in [0.3, 0.4) is 0 Å². The Balaban J connectivity index is 1.47. The fraction of sp³-hybridized carbons (Fsp3) is 0.364. The first-order valence-electron chi connectivity index (χ1n) is 9.33. The summed E-state index contributed by atoms with van der Waals surface area (Å²) >= 11 is 0. The van der Waals surface area contributed by atoms with Crippen LogP contribution in [-0.2, 0) is 11.2 Å². The zero-order valence-corrected chi connectivity index (χ0v) is 15.9. The molecule has 1 aliphatic rings. The van der Waals surface area contributed by atoms with Crippen molar-refractivity contribution in [3.63, 3.8) is 0 Å². The smallest absolute Gasteiger partial charge is 0.251 e. The highest BCUT2D eigenvalue weighted by Crippen LogP contribution is 2.16. The predicted molar refractivity (Wildman–Crippen MR) is 105 cm³/mol. The van der Waals surface area contributed by atoms with Gasteiger partial charge in [-0.2, -0.15) is 0 Å². The molecule has 2 aromatic rings. The van der Waals surface area contributed by atoms with E-state index in [9.17, 15) is 9.59 Å². The number of ether oxygens (including phenoxy) is 1. The molecule has 2 amide bonds. The maximum Gasteiger partial charge on any atom is 0.251 e. The molecule has 5 nitrogen and oxygen atoms in total. The van der Waals surface area contributed by atoms with E-state index in [2.05, 4.69) is 5.32 Å². The van der Waals surface area contributed by atoms with Gasteiger partial charge in [-0.05, 0) is 49.6 Å². The molecule has 1 saturated heterocycles. The van der Waals surface area contributed by atoms with Crippen molar-refractivity contribution in [3.05, 3.63) is 65.2 Å². The monoisotopic (exact) mass is 366 g/mol. The summed E-state index contributed by atoms with van der Waals surface area (Å²) in [5.41, 5.74) is 2.74. The summed E-state index contributed by atoms with van der Waals surface area (Å²) in [7, 11) is 1.63. The lowest BCUT2D eigenvalue weighted by molar-refractivity contribution is -0.131. The predicted octanol–water partition coefficient (Wildman–Crippen LogP) is 2.97. The summed E-state index contributed by atoms with van der Waals surface area (Å²) in [6.07, 6.45) is 1.96. The Morgan fingerprint density at radius 3 is 2.44 bits per heavy atom. The van der Waals surface area contributed by atoms with Crippen molar-refractivity contribution >= 4 is 11.8 Å². The van der Waals surface area contributed by atoms with E-state index in [1.807, 2.05) is 60.4 Å². The number of piperidine rings is 1. The van der Waals surface area contributed by atoms with E-state index in [4.69, 9.17) is 4.74 Å². The van der Waals surface area contributed by atoms with Crippen LogP contribution in [0.5, 0.6) is 5.75 Å². The van der Waals surface area contributed by atoms with Gasteiger partial charge in [-0.25, -0.2) is 0 Å². The number of carbonyl (C=O) groups is 2. The van der Waals surface area contributed by atoms with Gasteiger partial charge in [0.2, 0.25) is 5.91 Å². The number of hydrogen-bond donors (Lipinski definition) is 1. The molecule has 0 atom stereocenters. The summed E-state index contributed by atoms with van der Waals surface area (Å²) in [5, 5.41) is 3.09. The number of likely N-dealkylation sites (tertiary alicyclic amines) is 1. The molecule has 0 radical (unpaired) electrons. The van der Waals surface area contributed by atoms with E-state index in [-0.39, 0.29) is 17.9 Å². The Bertz CT molecular complexity index is 793. The number of hydrogen-bond acceptors (Lipinski definition) is 3. The largest absolute Gasteiger partial charge is 0.497 e. The van der Waals surface area contributed by atoms with Crippen LogP contribution in [0, 0.1) is 6.92 Å². The second kappa shape index (κ2) is 8.71. The quantitative estimate of drug-likeness (QED) is 0.885. The number of methoxy groups -OCH3 is 1. The first-order valence-corrected chi connectivity index (χ1v) is 9.33. The molecule has 0 unspecified atom stereocenters. The van der Waals surface area contributed by atoms with Crippen LogP contribution in [0.4, 0.5) is 0 Å². The molecule has 1 heterocycles. The van der Waals surface area contributed by atoms with Gasteiger partial charge in [0, 0.05) is 24.7 Å². The lowest BCUT2D eigenvalue weighted by Crippen LogP contribution is -2.47. The van der Waals surface area contributed by atoms with Gasteiger partial charge in [0.25, 0.3) is 5.91 Å². The maximum absolute atomic E-state index is 12.5. The van der Waals surface area contributed by atoms with Crippen molar-refractivity contribution in [1.82, 2.24) is 10.2 Å². The maximum atomic E-state index is 12.5. The Hall–Kier alpha value is -2.82. The Labute approximate surface area is 160 Å². The number of benzene rings is 2. The lowest BCUT2D eigenvalue weighted by Gasteiger charge is -2.32. The number of carbonyl (C=O) groups excluding carboxylic acids is 2. The minimum Gasteiger partial charge on any atom is -0.497 e. The van der Waals surface area contributed by atoms with E-state index in [0.29, 0.717) is 25.1 Å². The SMILES string of the molecule is COc1ccc(CC(=O)N2CCC(NC(=O)c3cccc(C)c3)CC2)cc1. The van der Waals surface area contributed by atoms with Crippen molar-refractivity contribution in [2.75, 3.05) is 20.2 Å². The van der Waals surface area contributed by atoms with E-state index in [1.165, 1.54) is 0 Å². The van der Waals surface area contributed by atoms with E-state index >= 15 is 0 Å². The first kappa shape index (κ1) is 19.0. The summed E-state index contributed by atoms with van der Waals surface area (Å²) in [5.74, 6) is 0.877. The van der Waals surface area contributed by atoms with Crippen LogP contribution in [0.15, 0.2) is 48.5 Å². The van der Waals surface area contributed by atoms with E-state index in [0.717, 1.165) is 29.7 Å². The molecule has 1 aliphatic heterocycles. The molecule has 0 aromatic heterocycles. The third-order valence-corrected chi connectivity index (χ3v) is 4.98. The van der Waals surface area contributed by atoms with Crippen molar-refractivity contribution in [1.29, 1.82) is 0 Å². The molecule has 27 heavy (non-hydrogen) atoms. The van der Waals surface area contributed by atoms with Gasteiger partial charge in [0.1, 0.15) is 5.75 Å². The van der Waals surface area contributed by atoms with Crippen LogP contribution in [0.1, 0.15) is 34.3 Å². The van der Waals surface area contributed by atoms with Gasteiger partial charge in [-0.1, -0.05) is 29.8 Å². The zero-order chi connectivity index (χ0) is 19.2. The van der Waals surface area contributed by atoms with Crippen LogP contribution in [0.25, 0.3) is 0 Å². The van der Waals surface area contributed by atoms with Gasteiger partial charge in [-0.15, -0.1) is 0 Å². The highest BCUT2D eigenvalue weighted by Gasteiger charge is 2.24. The summed E-state index contributed by atoms with van der Waals surface area (Å²) in [4.78, 5) is 26.8. The molecule has 1 fully saturated rings. The average molecular weight is 366 g/mol. The molecular formula is C22H26N2O3. The molecule has 2 aromatic carbocycles. The van der Waals surface area contributed by atoms with Gasteiger partial charge in [0.05, 0.1) is 13.5 Å². The molecule has 3 rings (SSSR count). The molecule has 0 bridgehead atoms. The topological polar surface area (TPSA) is 58.6 Å². The second-order valence-electron chi connectivity index (χ2n) is 7.02. The van der Waals surface area contributed by atoms with Crippen molar-refractivity contribution in [3.8, 4) is 5.75 Å². The Morgan fingerprint density at radius 2 is 1.81 bits per heavy atom. The second-order valence-corrected chi connectivity index (χ2v) is 7.02. The Morgan fingerprint density at radius 1 is 1.11 bits per heavy atom. The fourth-order valence-corrected chi connectivity index (χ4v) is 3.36. The summed E-state index contributed by atoms with van der Waals surface area (Å²) in [6, 6.07) is 15.3. The molecule has 0 aliphatic carbocycles. The summed E-state index contributed by atoms with van der Waals surface area (Å²) in [6.45, 7) is 3.32. The van der Waals surface area contributed by atoms with Crippen LogP contribution in [-0.4, -0.2) is 43.0 Å². The molecule has 0 saturated carbocycles. The molecule has 0 spiro atoms. The summed E-state index contributed by atoms with van der Waals surface area (Å²) < 4.78 is 5.14. The fourth-order valence-electron chi connectivity index (χ4n) is 3.36. The number of amides is 2. The highest BCUT2D eigenvalue weighted by atomic mass is 16.5. The number of rotatable bonds is 5. The zero-order valence-electron chi connectivity index (χ0n) is 15.9. The van der Waals surface area contributed by atoms with Crippen LogP contribution < -0.4 is 10.1 Å². The van der Waals surface area contributed by atoms with E-state index < -0.39 is 0 Å². The third kappa shape index (κ3) is 5.09. The third-order valence-electron chi connectivity index (χ3n) is 4.98. The normalized spacial score (nSPS) is 14.7. The molecule has 142 valence electrons. The highest BCUT2D eigenvalue weighted by molar-refractivity contribution is 5.94. The lowest BCUT2D eigenvalue weighted by atomic mass is 10.0. The van der Waals surface area contributed by atoms with Crippen molar-refractivity contribution in [2.45, 2.75) is 32.2 Å². The van der Waals surface area contributed by atoms with Gasteiger partial charge in [0.15, 0.2) is 0 Å². The average Bonchev–Trinajstić information content (AvgIpc) is 2.69. The van der Waals surface area contributed by atoms with Gasteiger partial charge >= 0.3 is 0 Å². The number of nitrogens with one attached hydrogen (secondary N) is 1. The molecular weight excluding hydrogens is 340 g/mol. The van der Waals surface area contributed by atoms with Crippen molar-refractivity contribution in [2.24, 2.45) is 0 Å². The van der Waals surface area contributed by atoms with Crippen molar-refractivity contribution < 1.29 is 14.3 Å². The van der Waals surface area contributed by atoms with Gasteiger partial charge < -0.3 is 15.0 Å². The van der Waals surface area contributed by atoms with Gasteiger partial charge in [-0.3, -0.25) is 9.59 Å². The first-order chi connectivity index (χ1) is 13.0. The molecule has 5 heteroatoms. The number of aryl methyl sites for hydroxylation is 1. The van der Waals surface area contributed by atoms with Crippen LogP contribution in [0.2, 0.25) is 0 Å². The number of nitrogens with zero attached hydrogens (tertiary/aromatic N) is 1. The standard InChI is InChI=1S/C22H26N2O3/c1-16-4-3-5-18(14-16)22(26)23-19-10-12-24(13-11-19)21(25)15-17-6-8-20(27-2)9-7-17/h3-9,14,19H,10-13,15H2,1-2H3,(H,23,26). The molecule has 1 N–H and O–H groups in total. The minimum atomic E-state index is -0.0401. The van der Waals surface area contributed by atoms with E-state index in [1.54, 1.807) is 7.11 Å². The minimum absolute atomic E-state index is 0.0401. The van der Waals surface area contributed by atoms with Crippen LogP contribution >= 0.6 is 0 Å².